The smallest absolute Gasteiger partial charge is 0.244 e. The molecule has 0 radical (unpaired) electrons. The molecule has 1 fully saturated rings. The normalized spacial score (nSPS) is 20.0. The van der Waals surface area contributed by atoms with Gasteiger partial charge in [0.25, 0.3) is 0 Å². The Morgan fingerprint density at radius 2 is 2.24 bits per heavy atom. The van der Waals surface area contributed by atoms with Gasteiger partial charge in [0, 0.05) is 31.2 Å². The van der Waals surface area contributed by atoms with Crippen LogP contribution >= 0.6 is 15.9 Å². The maximum absolute atomic E-state index is 12.8. The molecule has 0 bridgehead atoms. The lowest BCUT2D eigenvalue weighted by Crippen LogP contribution is -2.30. The van der Waals surface area contributed by atoms with Gasteiger partial charge in [-0.15, -0.1) is 0 Å². The predicted molar refractivity (Wildman–Crippen MR) is 85.7 cm³/mol. The Morgan fingerprint density at radius 1 is 1.48 bits per heavy atom. The zero-order valence-electron chi connectivity index (χ0n) is 12.3. The van der Waals surface area contributed by atoms with E-state index in [9.17, 15) is 8.42 Å². The standard InChI is InChI=1S/C14H21BrN2O3S/c1-3-16-9-11-4-5-13(15)14(8-11)21(18,19)17-7-6-12(10-17)20-2/h4-5,8,12,16H,3,6-7,9-10H2,1-2H3. The van der Waals surface area contributed by atoms with Crippen LogP contribution in [0.25, 0.3) is 0 Å². The second-order valence-corrected chi connectivity index (χ2v) is 7.82. The number of ether oxygens (including phenoxy) is 1. The first-order chi connectivity index (χ1) is 9.98. The van der Waals surface area contributed by atoms with Gasteiger partial charge in [-0.2, -0.15) is 4.31 Å². The van der Waals surface area contributed by atoms with Crippen LogP contribution in [-0.4, -0.2) is 45.6 Å². The van der Waals surface area contributed by atoms with Crippen LogP contribution in [0.5, 0.6) is 0 Å². The number of sulfonamides is 1. The van der Waals surface area contributed by atoms with E-state index in [-0.39, 0.29) is 6.10 Å². The molecule has 0 spiro atoms. The Labute approximate surface area is 134 Å². The van der Waals surface area contributed by atoms with Crippen molar-refractivity contribution in [3.05, 3.63) is 28.2 Å². The number of nitrogens with zero attached hydrogens (tertiary/aromatic N) is 1. The molecule has 0 aliphatic carbocycles. The Morgan fingerprint density at radius 3 is 2.86 bits per heavy atom. The van der Waals surface area contributed by atoms with Crippen molar-refractivity contribution < 1.29 is 13.2 Å². The van der Waals surface area contributed by atoms with Crippen molar-refractivity contribution in [3.63, 3.8) is 0 Å². The van der Waals surface area contributed by atoms with Crippen LogP contribution in [0.3, 0.4) is 0 Å². The van der Waals surface area contributed by atoms with Crippen LogP contribution in [-0.2, 0) is 21.3 Å². The van der Waals surface area contributed by atoms with Gasteiger partial charge in [0.1, 0.15) is 0 Å². The van der Waals surface area contributed by atoms with Crippen LogP contribution in [0.1, 0.15) is 18.9 Å². The quantitative estimate of drug-likeness (QED) is 0.824. The molecule has 0 aromatic heterocycles. The zero-order valence-corrected chi connectivity index (χ0v) is 14.7. The molecule has 1 aliphatic heterocycles. The molecule has 0 amide bonds. The van der Waals surface area contributed by atoms with Crippen LogP contribution in [0.15, 0.2) is 27.6 Å². The van der Waals surface area contributed by atoms with Gasteiger partial charge in [-0.25, -0.2) is 8.42 Å². The summed E-state index contributed by atoms with van der Waals surface area (Å²) in [6.07, 6.45) is 0.730. The summed E-state index contributed by atoms with van der Waals surface area (Å²) in [4.78, 5) is 0.328. The number of hydrogen-bond acceptors (Lipinski definition) is 4. The third-order valence-electron chi connectivity index (χ3n) is 3.63. The lowest BCUT2D eigenvalue weighted by molar-refractivity contribution is 0.115. The molecule has 1 aromatic carbocycles. The monoisotopic (exact) mass is 376 g/mol. The lowest BCUT2D eigenvalue weighted by Gasteiger charge is -2.18. The molecule has 1 heterocycles. The highest BCUT2D eigenvalue weighted by Gasteiger charge is 2.33. The second-order valence-electron chi connectivity index (χ2n) is 5.05. The molecule has 5 nitrogen and oxygen atoms in total. The van der Waals surface area contributed by atoms with Gasteiger partial charge >= 0.3 is 0 Å². The van der Waals surface area contributed by atoms with E-state index in [1.807, 2.05) is 13.0 Å². The van der Waals surface area contributed by atoms with E-state index in [1.54, 1.807) is 19.2 Å². The largest absolute Gasteiger partial charge is 0.380 e. The molecule has 1 N–H and O–H groups in total. The number of halogens is 1. The number of benzene rings is 1. The molecular formula is C14H21BrN2O3S. The number of hydrogen-bond donors (Lipinski definition) is 1. The number of rotatable bonds is 6. The maximum Gasteiger partial charge on any atom is 0.244 e. The third-order valence-corrected chi connectivity index (χ3v) is 6.49. The number of nitrogens with one attached hydrogen (secondary N) is 1. The first kappa shape index (κ1) is 16.9. The van der Waals surface area contributed by atoms with Crippen molar-refractivity contribution in [2.75, 3.05) is 26.7 Å². The topological polar surface area (TPSA) is 58.6 Å². The summed E-state index contributed by atoms with van der Waals surface area (Å²) in [5.41, 5.74) is 0.959. The van der Waals surface area contributed by atoms with E-state index in [1.165, 1.54) is 4.31 Å². The maximum atomic E-state index is 12.8. The van der Waals surface area contributed by atoms with Gasteiger partial charge in [-0.1, -0.05) is 13.0 Å². The molecule has 7 heteroatoms. The van der Waals surface area contributed by atoms with Crippen LogP contribution < -0.4 is 5.32 Å². The summed E-state index contributed by atoms with van der Waals surface area (Å²) in [7, 11) is -1.86. The van der Waals surface area contributed by atoms with Crippen LogP contribution in [0.2, 0.25) is 0 Å². The highest BCUT2D eigenvalue weighted by Crippen LogP contribution is 2.29. The van der Waals surface area contributed by atoms with E-state index in [0.717, 1.165) is 18.5 Å². The van der Waals surface area contributed by atoms with Gasteiger partial charge in [0.05, 0.1) is 11.0 Å². The summed E-state index contributed by atoms with van der Waals surface area (Å²) in [6, 6.07) is 5.46. The predicted octanol–water partition coefficient (Wildman–Crippen LogP) is 1.97. The van der Waals surface area contributed by atoms with Crippen molar-refractivity contribution >= 4 is 26.0 Å². The molecule has 118 valence electrons. The minimum absolute atomic E-state index is 0.0107. The highest BCUT2D eigenvalue weighted by molar-refractivity contribution is 9.10. The first-order valence-corrected chi connectivity index (χ1v) is 9.24. The van der Waals surface area contributed by atoms with Crippen LogP contribution in [0.4, 0.5) is 0 Å². The lowest BCUT2D eigenvalue weighted by atomic mass is 10.2. The van der Waals surface area contributed by atoms with Crippen molar-refractivity contribution in [1.82, 2.24) is 9.62 Å². The third kappa shape index (κ3) is 3.84. The summed E-state index contributed by atoms with van der Waals surface area (Å²) in [5.74, 6) is 0. The average Bonchev–Trinajstić information content (AvgIpc) is 2.96. The molecule has 0 saturated carbocycles. The molecule has 1 unspecified atom stereocenters. The summed E-state index contributed by atoms with van der Waals surface area (Å²) in [6.45, 7) is 4.45. The van der Waals surface area contributed by atoms with Crippen molar-refractivity contribution in [3.8, 4) is 0 Å². The molecule has 1 atom stereocenters. The van der Waals surface area contributed by atoms with Crippen molar-refractivity contribution in [2.24, 2.45) is 0 Å². The zero-order chi connectivity index (χ0) is 15.5. The first-order valence-electron chi connectivity index (χ1n) is 7.01. The van der Waals surface area contributed by atoms with E-state index in [0.29, 0.717) is 29.0 Å². The summed E-state index contributed by atoms with van der Waals surface area (Å²) >= 11 is 3.36. The molecule has 1 aliphatic rings. The Kier molecular flexibility index (Phi) is 5.79. The summed E-state index contributed by atoms with van der Waals surface area (Å²) < 4.78 is 32.9. The average molecular weight is 377 g/mol. The Balaban J connectivity index is 2.27. The van der Waals surface area contributed by atoms with Crippen LogP contribution in [0, 0.1) is 0 Å². The molecule has 2 rings (SSSR count). The van der Waals surface area contributed by atoms with E-state index < -0.39 is 10.0 Å². The fourth-order valence-corrected chi connectivity index (χ4v) is 4.83. The second kappa shape index (κ2) is 7.19. The Hall–Kier alpha value is -0.470. The van der Waals surface area contributed by atoms with Gasteiger partial charge in [0.2, 0.25) is 10.0 Å². The van der Waals surface area contributed by atoms with E-state index in [2.05, 4.69) is 21.2 Å². The highest BCUT2D eigenvalue weighted by atomic mass is 79.9. The molecule has 21 heavy (non-hydrogen) atoms. The minimum atomic E-state index is -3.48. The van der Waals surface area contributed by atoms with E-state index >= 15 is 0 Å². The SMILES string of the molecule is CCNCc1ccc(Br)c(S(=O)(=O)N2CCC(OC)C2)c1. The van der Waals surface area contributed by atoms with Gasteiger partial charge in [-0.05, 0) is 46.6 Å². The number of methoxy groups -OCH3 is 1. The molecule has 1 aromatic rings. The summed E-state index contributed by atoms with van der Waals surface area (Å²) in [5, 5.41) is 3.20. The molecular weight excluding hydrogens is 356 g/mol. The fraction of sp³-hybridized carbons (Fsp3) is 0.571. The Bertz CT molecular complexity index is 592. The van der Waals surface area contributed by atoms with Gasteiger partial charge < -0.3 is 10.1 Å². The van der Waals surface area contributed by atoms with Gasteiger partial charge in [-0.3, -0.25) is 0 Å². The molecule has 1 saturated heterocycles. The van der Waals surface area contributed by atoms with E-state index in [4.69, 9.17) is 4.74 Å². The minimum Gasteiger partial charge on any atom is -0.380 e. The van der Waals surface area contributed by atoms with Crippen molar-refractivity contribution in [1.29, 1.82) is 0 Å². The van der Waals surface area contributed by atoms with Gasteiger partial charge in [0.15, 0.2) is 0 Å². The van der Waals surface area contributed by atoms with Crippen molar-refractivity contribution in [2.45, 2.75) is 30.9 Å². The fourth-order valence-electron chi connectivity index (χ4n) is 2.37.